The number of benzene rings is 2. The molecular formula is C20H16F3N3O3S. The molecule has 6 nitrogen and oxygen atoms in total. The highest BCUT2D eigenvalue weighted by Gasteiger charge is 2.24. The van der Waals surface area contributed by atoms with Gasteiger partial charge in [-0.2, -0.15) is 0 Å². The normalized spacial score (nSPS) is 11.2. The van der Waals surface area contributed by atoms with Crippen LogP contribution in [-0.4, -0.2) is 31.3 Å². The third kappa shape index (κ3) is 4.77. The lowest BCUT2D eigenvalue weighted by molar-refractivity contribution is 0.0781. The molecule has 0 bridgehead atoms. The molecule has 10 heteroatoms. The number of hydrogen-bond donors (Lipinski definition) is 1. The van der Waals surface area contributed by atoms with Crippen LogP contribution in [0.1, 0.15) is 15.9 Å². The molecule has 0 aliphatic rings. The molecular weight excluding hydrogens is 419 g/mol. The minimum Gasteiger partial charge on any atom is -0.337 e. The standard InChI is InChI=1S/C20H16F3N3O3S/c1-26(12-13-6-7-17(22)18(23)8-13)20(27)16-4-2-3-5-19(16)30(28,29)25-15-9-14(21)10-24-11-15/h2-11,25H,12H2,1H3. The number of nitrogens with one attached hydrogen (secondary N) is 1. The van der Waals surface area contributed by atoms with Crippen LogP contribution in [0.2, 0.25) is 0 Å². The molecule has 0 unspecified atom stereocenters. The van der Waals surface area contributed by atoms with Crippen molar-refractivity contribution in [2.45, 2.75) is 11.4 Å². The Morgan fingerprint density at radius 3 is 2.47 bits per heavy atom. The van der Waals surface area contributed by atoms with Crippen molar-refractivity contribution < 1.29 is 26.4 Å². The van der Waals surface area contributed by atoms with Crippen molar-refractivity contribution in [3.8, 4) is 0 Å². The van der Waals surface area contributed by atoms with Gasteiger partial charge >= 0.3 is 0 Å². The number of anilines is 1. The van der Waals surface area contributed by atoms with Crippen molar-refractivity contribution in [2.75, 3.05) is 11.8 Å². The van der Waals surface area contributed by atoms with E-state index in [1.807, 2.05) is 0 Å². The largest absolute Gasteiger partial charge is 0.337 e. The maximum absolute atomic E-state index is 13.4. The molecule has 0 saturated carbocycles. The monoisotopic (exact) mass is 435 g/mol. The van der Waals surface area contributed by atoms with E-state index in [0.717, 1.165) is 30.6 Å². The van der Waals surface area contributed by atoms with Crippen molar-refractivity contribution in [1.29, 1.82) is 0 Å². The van der Waals surface area contributed by atoms with E-state index in [0.29, 0.717) is 5.56 Å². The number of carbonyl (C=O) groups is 1. The number of halogens is 3. The summed E-state index contributed by atoms with van der Waals surface area (Å²) < 4.78 is 67.5. The molecule has 156 valence electrons. The highest BCUT2D eigenvalue weighted by molar-refractivity contribution is 7.92. The van der Waals surface area contributed by atoms with E-state index >= 15 is 0 Å². The number of rotatable bonds is 6. The van der Waals surface area contributed by atoms with Gasteiger partial charge in [-0.1, -0.05) is 18.2 Å². The summed E-state index contributed by atoms with van der Waals surface area (Å²) in [4.78, 5) is 17.3. The van der Waals surface area contributed by atoms with Crippen LogP contribution in [0.4, 0.5) is 18.9 Å². The Morgan fingerprint density at radius 2 is 1.77 bits per heavy atom. The summed E-state index contributed by atoms with van der Waals surface area (Å²) in [5.74, 6) is -3.45. The van der Waals surface area contributed by atoms with Crippen LogP contribution >= 0.6 is 0 Å². The van der Waals surface area contributed by atoms with Gasteiger partial charge in [0.2, 0.25) is 0 Å². The quantitative estimate of drug-likeness (QED) is 0.642. The molecule has 0 saturated heterocycles. The van der Waals surface area contributed by atoms with Crippen molar-refractivity contribution in [3.63, 3.8) is 0 Å². The maximum Gasteiger partial charge on any atom is 0.262 e. The summed E-state index contributed by atoms with van der Waals surface area (Å²) in [5.41, 5.74) is 0.0842. The summed E-state index contributed by atoms with van der Waals surface area (Å²) in [6, 6.07) is 9.65. The van der Waals surface area contributed by atoms with E-state index in [1.54, 1.807) is 0 Å². The van der Waals surface area contributed by atoms with Crippen molar-refractivity contribution in [2.24, 2.45) is 0 Å². The fourth-order valence-corrected chi connectivity index (χ4v) is 3.98. The van der Waals surface area contributed by atoms with Gasteiger partial charge in [0.05, 0.1) is 23.6 Å². The van der Waals surface area contributed by atoms with Gasteiger partial charge in [-0.3, -0.25) is 14.5 Å². The zero-order valence-electron chi connectivity index (χ0n) is 15.6. The molecule has 1 N–H and O–H groups in total. The van der Waals surface area contributed by atoms with Gasteiger partial charge in [-0.05, 0) is 29.8 Å². The Kier molecular flexibility index (Phi) is 6.06. The van der Waals surface area contributed by atoms with Gasteiger partial charge in [0, 0.05) is 19.7 Å². The average Bonchev–Trinajstić information content (AvgIpc) is 2.70. The lowest BCUT2D eigenvalue weighted by Gasteiger charge is -2.19. The Balaban J connectivity index is 1.87. The molecule has 1 aromatic heterocycles. The van der Waals surface area contributed by atoms with Crippen molar-refractivity contribution in [1.82, 2.24) is 9.88 Å². The van der Waals surface area contributed by atoms with Gasteiger partial charge in [-0.15, -0.1) is 0 Å². The first-order chi connectivity index (χ1) is 14.2. The second-order valence-corrected chi connectivity index (χ2v) is 8.05. The molecule has 30 heavy (non-hydrogen) atoms. The summed E-state index contributed by atoms with van der Waals surface area (Å²) in [6.45, 7) is -0.0777. The minimum atomic E-state index is -4.24. The lowest BCUT2D eigenvalue weighted by atomic mass is 10.1. The van der Waals surface area contributed by atoms with Gasteiger partial charge in [0.1, 0.15) is 10.7 Å². The summed E-state index contributed by atoms with van der Waals surface area (Å²) in [5, 5.41) is 0. The van der Waals surface area contributed by atoms with E-state index in [9.17, 15) is 26.4 Å². The SMILES string of the molecule is CN(Cc1ccc(F)c(F)c1)C(=O)c1ccccc1S(=O)(=O)Nc1cncc(F)c1. The molecule has 0 aliphatic carbocycles. The Bertz CT molecular complexity index is 1200. The van der Waals surface area contributed by atoms with Crippen LogP contribution in [-0.2, 0) is 16.6 Å². The first-order valence-corrected chi connectivity index (χ1v) is 10.1. The summed E-state index contributed by atoms with van der Waals surface area (Å²) in [6.07, 6.45) is 2.04. The molecule has 0 fully saturated rings. The Hall–Kier alpha value is -3.40. The molecule has 3 aromatic rings. The van der Waals surface area contributed by atoms with Crippen LogP contribution in [0, 0.1) is 17.5 Å². The van der Waals surface area contributed by atoms with Gasteiger partial charge in [0.15, 0.2) is 11.6 Å². The molecule has 2 aromatic carbocycles. The van der Waals surface area contributed by atoms with Gasteiger partial charge in [-0.25, -0.2) is 21.6 Å². The summed E-state index contributed by atoms with van der Waals surface area (Å²) in [7, 11) is -2.84. The van der Waals surface area contributed by atoms with E-state index in [4.69, 9.17) is 0 Å². The number of amides is 1. The maximum atomic E-state index is 13.4. The predicted molar refractivity (Wildman–Crippen MR) is 104 cm³/mol. The molecule has 0 spiro atoms. The number of hydrogen-bond acceptors (Lipinski definition) is 4. The third-order valence-electron chi connectivity index (χ3n) is 4.11. The molecule has 0 aliphatic heterocycles. The van der Waals surface area contributed by atoms with E-state index in [1.165, 1.54) is 42.3 Å². The summed E-state index contributed by atoms with van der Waals surface area (Å²) >= 11 is 0. The zero-order chi connectivity index (χ0) is 21.9. The van der Waals surface area contributed by atoms with Crippen LogP contribution in [0.3, 0.4) is 0 Å². The van der Waals surface area contributed by atoms with E-state index < -0.39 is 33.4 Å². The lowest BCUT2D eigenvalue weighted by Crippen LogP contribution is -2.28. The molecule has 1 heterocycles. The minimum absolute atomic E-state index is 0.0777. The highest BCUT2D eigenvalue weighted by Crippen LogP contribution is 2.22. The average molecular weight is 435 g/mol. The number of pyridine rings is 1. The van der Waals surface area contributed by atoms with Gasteiger partial charge < -0.3 is 4.90 Å². The van der Waals surface area contributed by atoms with Crippen LogP contribution in [0.15, 0.2) is 65.8 Å². The topological polar surface area (TPSA) is 79.4 Å². The van der Waals surface area contributed by atoms with Crippen molar-refractivity contribution >= 4 is 21.6 Å². The predicted octanol–water partition coefficient (Wildman–Crippen LogP) is 3.57. The molecule has 1 amide bonds. The number of sulfonamides is 1. The smallest absolute Gasteiger partial charge is 0.262 e. The molecule has 0 radical (unpaired) electrons. The van der Waals surface area contributed by atoms with Crippen LogP contribution < -0.4 is 4.72 Å². The molecule has 3 rings (SSSR count). The fraction of sp³-hybridized carbons (Fsp3) is 0.100. The first kappa shape index (κ1) is 21.3. The second kappa shape index (κ2) is 8.54. The third-order valence-corrected chi connectivity index (χ3v) is 5.55. The number of carbonyl (C=O) groups excluding carboxylic acids is 1. The molecule has 0 atom stereocenters. The highest BCUT2D eigenvalue weighted by atomic mass is 32.2. The first-order valence-electron chi connectivity index (χ1n) is 8.59. The Morgan fingerprint density at radius 1 is 1.03 bits per heavy atom. The Labute approximate surface area is 171 Å². The fourth-order valence-electron chi connectivity index (χ4n) is 2.74. The second-order valence-electron chi connectivity index (χ2n) is 6.40. The number of nitrogens with zero attached hydrogens (tertiary/aromatic N) is 2. The zero-order valence-corrected chi connectivity index (χ0v) is 16.5. The van der Waals surface area contributed by atoms with Crippen molar-refractivity contribution in [3.05, 3.63) is 89.5 Å². The number of aromatic nitrogens is 1. The van der Waals surface area contributed by atoms with E-state index in [2.05, 4.69) is 9.71 Å². The van der Waals surface area contributed by atoms with Crippen LogP contribution in [0.5, 0.6) is 0 Å². The van der Waals surface area contributed by atoms with Crippen LogP contribution in [0.25, 0.3) is 0 Å². The van der Waals surface area contributed by atoms with Gasteiger partial charge in [0.25, 0.3) is 15.9 Å². The van der Waals surface area contributed by atoms with E-state index in [-0.39, 0.29) is 22.7 Å².